The van der Waals surface area contributed by atoms with E-state index in [1.165, 1.54) is 0 Å². The SMILES string of the molecule is Cc1c(OCCO)nc(N2CCCCC2)c(F)c1N/N=C/c1c[nH]c2ccccc12. The van der Waals surface area contributed by atoms with Crippen LogP contribution in [0.1, 0.15) is 30.4 Å². The number of hydrogen-bond acceptors (Lipinski definition) is 6. The minimum absolute atomic E-state index is 0.0942. The van der Waals surface area contributed by atoms with Gasteiger partial charge in [-0.1, -0.05) is 18.2 Å². The second-order valence-corrected chi connectivity index (χ2v) is 7.33. The number of rotatable bonds is 7. The number of aromatic amines is 1. The van der Waals surface area contributed by atoms with Gasteiger partial charge < -0.3 is 19.7 Å². The number of nitrogens with one attached hydrogen (secondary N) is 2. The van der Waals surface area contributed by atoms with Gasteiger partial charge in [-0.15, -0.1) is 0 Å². The van der Waals surface area contributed by atoms with E-state index in [0.717, 1.165) is 48.8 Å². The molecule has 1 aliphatic rings. The van der Waals surface area contributed by atoms with Crippen LogP contribution in [-0.4, -0.2) is 47.6 Å². The Morgan fingerprint density at radius 3 is 2.90 bits per heavy atom. The third-order valence-electron chi connectivity index (χ3n) is 5.31. The van der Waals surface area contributed by atoms with E-state index in [4.69, 9.17) is 9.84 Å². The maximum Gasteiger partial charge on any atom is 0.220 e. The number of aliphatic hydroxyl groups is 1. The summed E-state index contributed by atoms with van der Waals surface area (Å²) >= 11 is 0. The van der Waals surface area contributed by atoms with Crippen molar-refractivity contribution in [3.8, 4) is 5.88 Å². The first-order chi connectivity index (χ1) is 14.7. The fourth-order valence-electron chi connectivity index (χ4n) is 3.71. The molecule has 30 heavy (non-hydrogen) atoms. The summed E-state index contributed by atoms with van der Waals surface area (Å²) in [6, 6.07) is 7.91. The van der Waals surface area contributed by atoms with Crippen molar-refractivity contribution in [1.29, 1.82) is 0 Å². The van der Waals surface area contributed by atoms with Gasteiger partial charge in [0.1, 0.15) is 12.3 Å². The molecule has 1 aromatic carbocycles. The van der Waals surface area contributed by atoms with Gasteiger partial charge in [0.05, 0.1) is 12.8 Å². The first kappa shape index (κ1) is 20.2. The Balaban J connectivity index is 1.64. The quantitative estimate of drug-likeness (QED) is 0.407. The second-order valence-electron chi connectivity index (χ2n) is 7.33. The highest BCUT2D eigenvalue weighted by Gasteiger charge is 2.23. The molecule has 0 aliphatic carbocycles. The molecule has 3 heterocycles. The molecule has 3 N–H and O–H groups in total. The van der Waals surface area contributed by atoms with Gasteiger partial charge in [-0.05, 0) is 32.3 Å². The van der Waals surface area contributed by atoms with Crippen LogP contribution in [0.2, 0.25) is 0 Å². The molecule has 0 atom stereocenters. The van der Waals surface area contributed by atoms with Gasteiger partial charge >= 0.3 is 0 Å². The molecule has 1 aliphatic heterocycles. The third kappa shape index (κ3) is 4.09. The minimum Gasteiger partial charge on any atom is -0.475 e. The van der Waals surface area contributed by atoms with Crippen LogP contribution in [0, 0.1) is 12.7 Å². The first-order valence-corrected chi connectivity index (χ1v) is 10.2. The number of piperidine rings is 1. The smallest absolute Gasteiger partial charge is 0.220 e. The third-order valence-corrected chi connectivity index (χ3v) is 5.31. The highest BCUT2D eigenvalue weighted by molar-refractivity contribution is 5.99. The van der Waals surface area contributed by atoms with Crippen molar-refractivity contribution in [2.24, 2.45) is 5.10 Å². The molecular weight excluding hydrogens is 385 g/mol. The lowest BCUT2D eigenvalue weighted by molar-refractivity contribution is 0.196. The van der Waals surface area contributed by atoms with E-state index in [2.05, 4.69) is 20.5 Å². The van der Waals surface area contributed by atoms with Gasteiger partial charge in [0, 0.05) is 41.3 Å². The predicted molar refractivity (Wildman–Crippen MR) is 117 cm³/mol. The number of nitrogens with zero attached hydrogens (tertiary/aromatic N) is 3. The molecule has 0 saturated carbocycles. The van der Waals surface area contributed by atoms with Crippen LogP contribution in [0.15, 0.2) is 35.6 Å². The Morgan fingerprint density at radius 2 is 2.10 bits per heavy atom. The highest BCUT2D eigenvalue weighted by Crippen LogP contribution is 2.34. The summed E-state index contributed by atoms with van der Waals surface area (Å²) in [5.74, 6) is 0.121. The van der Waals surface area contributed by atoms with Crippen LogP contribution in [0.4, 0.5) is 15.9 Å². The molecule has 2 aromatic heterocycles. The summed E-state index contributed by atoms with van der Waals surface area (Å²) < 4.78 is 21.0. The number of fused-ring (bicyclic) bond motifs is 1. The van der Waals surface area contributed by atoms with Crippen molar-refractivity contribution in [2.75, 3.05) is 36.6 Å². The molecule has 1 fully saturated rings. The fourth-order valence-corrected chi connectivity index (χ4v) is 3.71. The largest absolute Gasteiger partial charge is 0.475 e. The van der Waals surface area contributed by atoms with Crippen LogP contribution in [0.5, 0.6) is 5.88 Å². The van der Waals surface area contributed by atoms with Gasteiger partial charge in [0.2, 0.25) is 5.88 Å². The Bertz CT molecular complexity index is 1040. The molecular formula is C22H26FN5O2. The number of aromatic nitrogens is 2. The van der Waals surface area contributed by atoms with E-state index in [1.807, 2.05) is 35.4 Å². The molecule has 1 saturated heterocycles. The lowest BCUT2D eigenvalue weighted by atomic mass is 10.1. The number of para-hydroxylation sites is 1. The Labute approximate surface area is 174 Å². The van der Waals surface area contributed by atoms with Crippen molar-refractivity contribution in [2.45, 2.75) is 26.2 Å². The molecule has 3 aromatic rings. The van der Waals surface area contributed by atoms with Crippen LogP contribution < -0.4 is 15.1 Å². The van der Waals surface area contributed by atoms with Gasteiger partial charge in [-0.3, -0.25) is 5.43 Å². The zero-order chi connectivity index (χ0) is 20.9. The molecule has 158 valence electrons. The predicted octanol–water partition coefficient (Wildman–Crippen LogP) is 3.82. The monoisotopic (exact) mass is 411 g/mol. The number of hydrogen-bond donors (Lipinski definition) is 3. The van der Waals surface area contributed by atoms with Crippen molar-refractivity contribution >= 4 is 28.6 Å². The van der Waals surface area contributed by atoms with Gasteiger partial charge in [-0.25, -0.2) is 4.39 Å². The number of anilines is 2. The Kier molecular flexibility index (Phi) is 6.13. The van der Waals surface area contributed by atoms with E-state index < -0.39 is 5.82 Å². The molecule has 0 amide bonds. The summed E-state index contributed by atoms with van der Waals surface area (Å²) in [4.78, 5) is 9.55. The molecule has 0 radical (unpaired) electrons. The topological polar surface area (TPSA) is 85.8 Å². The van der Waals surface area contributed by atoms with Crippen molar-refractivity contribution in [3.05, 3.63) is 47.4 Å². The van der Waals surface area contributed by atoms with Gasteiger partial charge in [0.25, 0.3) is 0 Å². The summed E-state index contributed by atoms with van der Waals surface area (Å²) in [6.45, 7) is 3.19. The summed E-state index contributed by atoms with van der Waals surface area (Å²) in [5, 5.41) is 14.4. The fraction of sp³-hybridized carbons (Fsp3) is 0.364. The summed E-state index contributed by atoms with van der Waals surface area (Å²) in [5.41, 5.74) is 5.51. The number of benzene rings is 1. The number of pyridine rings is 1. The van der Waals surface area contributed by atoms with Gasteiger partial charge in [0.15, 0.2) is 11.6 Å². The lowest BCUT2D eigenvalue weighted by Gasteiger charge is -2.29. The average Bonchev–Trinajstić information content (AvgIpc) is 3.19. The summed E-state index contributed by atoms with van der Waals surface area (Å²) in [6.07, 6.45) is 6.66. The molecule has 4 rings (SSSR count). The van der Waals surface area contributed by atoms with E-state index in [1.54, 1.807) is 13.1 Å². The van der Waals surface area contributed by atoms with Crippen LogP contribution in [-0.2, 0) is 0 Å². The Hall–Kier alpha value is -3.13. The van der Waals surface area contributed by atoms with Crippen LogP contribution in [0.25, 0.3) is 10.9 Å². The maximum atomic E-state index is 15.4. The van der Waals surface area contributed by atoms with Crippen molar-refractivity contribution < 1.29 is 14.2 Å². The number of aliphatic hydroxyl groups excluding tert-OH is 1. The first-order valence-electron chi connectivity index (χ1n) is 10.2. The number of H-pyrrole nitrogens is 1. The van der Waals surface area contributed by atoms with Crippen molar-refractivity contribution in [1.82, 2.24) is 9.97 Å². The molecule has 7 nitrogen and oxygen atoms in total. The van der Waals surface area contributed by atoms with Gasteiger partial charge in [-0.2, -0.15) is 10.1 Å². The van der Waals surface area contributed by atoms with Crippen molar-refractivity contribution in [3.63, 3.8) is 0 Å². The molecule has 0 spiro atoms. The zero-order valence-electron chi connectivity index (χ0n) is 17.0. The second kappa shape index (κ2) is 9.13. The normalized spacial score (nSPS) is 14.6. The van der Waals surface area contributed by atoms with E-state index in [0.29, 0.717) is 11.4 Å². The number of halogens is 1. The average molecular weight is 411 g/mol. The van der Waals surface area contributed by atoms with E-state index in [9.17, 15) is 0 Å². The van der Waals surface area contributed by atoms with E-state index in [-0.39, 0.29) is 24.7 Å². The van der Waals surface area contributed by atoms with Crippen LogP contribution in [0.3, 0.4) is 0 Å². The number of hydrazone groups is 1. The highest BCUT2D eigenvalue weighted by atomic mass is 19.1. The molecule has 0 bridgehead atoms. The standard InChI is InChI=1S/C22H26FN5O2/c1-15-20(27-25-14-16-13-24-18-8-4-3-7-17(16)18)19(23)21(26-22(15)30-12-11-29)28-9-5-2-6-10-28/h3-4,7-8,13-14,24,29H,2,5-6,9-12H2,1H3,(H,26,27)/b25-14+. The Morgan fingerprint density at radius 1 is 1.30 bits per heavy atom. The van der Waals surface area contributed by atoms with Crippen LogP contribution >= 0.6 is 0 Å². The maximum absolute atomic E-state index is 15.4. The minimum atomic E-state index is -0.443. The molecule has 0 unspecified atom stereocenters. The molecule has 8 heteroatoms. The summed E-state index contributed by atoms with van der Waals surface area (Å²) in [7, 11) is 0. The van der Waals surface area contributed by atoms with E-state index >= 15 is 4.39 Å². The lowest BCUT2D eigenvalue weighted by Crippen LogP contribution is -2.31. The number of ether oxygens (including phenoxy) is 1. The zero-order valence-corrected chi connectivity index (χ0v) is 17.0.